The summed E-state index contributed by atoms with van der Waals surface area (Å²) < 4.78 is 11.8. The molecule has 0 fully saturated rings. The second kappa shape index (κ2) is 8.02. The molecular weight excluding hydrogens is 361 g/mol. The SMILES string of the molecule is C=CC(Cl)(Cl)C(OCC)C(Oc1ccc(Cl)cc1)n1cncn1. The predicted octanol–water partition coefficient (Wildman–Crippen LogP) is 4.27. The molecule has 0 spiro atoms. The number of aromatic nitrogens is 3. The molecule has 23 heavy (non-hydrogen) atoms. The Labute approximate surface area is 149 Å². The number of hydrogen-bond donors (Lipinski definition) is 0. The monoisotopic (exact) mass is 375 g/mol. The molecule has 124 valence electrons. The first-order chi connectivity index (χ1) is 11.0. The van der Waals surface area contributed by atoms with Crippen molar-refractivity contribution < 1.29 is 9.47 Å². The molecule has 1 aromatic heterocycles. The average molecular weight is 377 g/mol. The third-order valence-electron chi connectivity index (χ3n) is 3.02. The van der Waals surface area contributed by atoms with Gasteiger partial charge in [0.2, 0.25) is 6.23 Å². The first kappa shape index (κ1) is 18.1. The maximum Gasteiger partial charge on any atom is 0.222 e. The van der Waals surface area contributed by atoms with Crippen molar-refractivity contribution in [2.24, 2.45) is 0 Å². The molecule has 0 bridgehead atoms. The molecule has 2 rings (SSSR count). The smallest absolute Gasteiger partial charge is 0.222 e. The highest BCUT2D eigenvalue weighted by Gasteiger charge is 2.42. The average Bonchev–Trinajstić information content (AvgIpc) is 3.06. The van der Waals surface area contributed by atoms with Crippen molar-refractivity contribution in [3.63, 3.8) is 0 Å². The number of rotatable bonds is 8. The van der Waals surface area contributed by atoms with Gasteiger partial charge in [0.25, 0.3) is 0 Å². The minimum atomic E-state index is -1.38. The van der Waals surface area contributed by atoms with Gasteiger partial charge in [-0.15, -0.1) is 6.58 Å². The number of benzene rings is 1. The van der Waals surface area contributed by atoms with E-state index >= 15 is 0 Å². The standard InChI is InChI=1S/C15H16Cl3N3O2/c1-3-15(17,18)13(22-4-2)14(21-10-19-9-20-21)23-12-7-5-11(16)6-8-12/h3,5-10,13-14H,1,4H2,2H3. The molecule has 0 aliphatic heterocycles. The van der Waals surface area contributed by atoms with Gasteiger partial charge < -0.3 is 9.47 Å². The molecular formula is C15H16Cl3N3O2. The number of nitrogens with zero attached hydrogens (tertiary/aromatic N) is 3. The summed E-state index contributed by atoms with van der Waals surface area (Å²) >= 11 is 18.5. The quantitative estimate of drug-likeness (QED) is 0.510. The Bertz CT molecular complexity index is 617. The topological polar surface area (TPSA) is 49.2 Å². The third kappa shape index (κ3) is 4.61. The van der Waals surface area contributed by atoms with Gasteiger partial charge in [-0.1, -0.05) is 40.9 Å². The van der Waals surface area contributed by atoms with E-state index in [1.165, 1.54) is 23.4 Å². The van der Waals surface area contributed by atoms with Crippen LogP contribution in [0.1, 0.15) is 13.2 Å². The fraction of sp³-hybridized carbons (Fsp3) is 0.333. The number of alkyl halides is 2. The van der Waals surface area contributed by atoms with Gasteiger partial charge in [-0.25, -0.2) is 9.67 Å². The molecule has 2 aromatic rings. The Morgan fingerprint density at radius 2 is 2.04 bits per heavy atom. The molecule has 2 atom stereocenters. The van der Waals surface area contributed by atoms with Gasteiger partial charge in [0.1, 0.15) is 18.4 Å². The summed E-state index contributed by atoms with van der Waals surface area (Å²) in [4.78, 5) is 3.93. The Morgan fingerprint density at radius 1 is 1.35 bits per heavy atom. The van der Waals surface area contributed by atoms with Crippen LogP contribution in [0.2, 0.25) is 5.02 Å². The van der Waals surface area contributed by atoms with E-state index in [0.717, 1.165) is 0 Å². The number of hydrogen-bond acceptors (Lipinski definition) is 4. The van der Waals surface area contributed by atoms with Crippen LogP contribution >= 0.6 is 34.8 Å². The maximum atomic E-state index is 6.33. The Hall–Kier alpha value is -1.27. The lowest BCUT2D eigenvalue weighted by Crippen LogP contribution is -2.43. The van der Waals surface area contributed by atoms with Crippen LogP contribution in [0.3, 0.4) is 0 Å². The van der Waals surface area contributed by atoms with Crippen LogP contribution in [-0.4, -0.2) is 31.8 Å². The van der Waals surface area contributed by atoms with E-state index in [0.29, 0.717) is 17.4 Å². The normalized spacial score (nSPS) is 14.3. The molecule has 0 amide bonds. The van der Waals surface area contributed by atoms with Crippen LogP contribution in [0, 0.1) is 0 Å². The second-order valence-corrected chi connectivity index (χ2v) is 6.47. The van der Waals surface area contributed by atoms with Crippen molar-refractivity contribution >= 4 is 34.8 Å². The van der Waals surface area contributed by atoms with E-state index in [-0.39, 0.29) is 0 Å². The Kier molecular flexibility index (Phi) is 6.30. The summed E-state index contributed by atoms with van der Waals surface area (Å²) in [5.74, 6) is 0.563. The molecule has 1 heterocycles. The van der Waals surface area contributed by atoms with Crippen LogP contribution in [-0.2, 0) is 4.74 Å². The van der Waals surface area contributed by atoms with Gasteiger partial charge >= 0.3 is 0 Å². The zero-order valence-electron chi connectivity index (χ0n) is 12.4. The fourth-order valence-corrected chi connectivity index (χ4v) is 2.40. The van der Waals surface area contributed by atoms with Crippen molar-refractivity contribution in [3.8, 4) is 5.75 Å². The molecule has 2 unspecified atom stereocenters. The van der Waals surface area contributed by atoms with Gasteiger partial charge in [-0.05, 0) is 31.2 Å². The maximum absolute atomic E-state index is 6.33. The van der Waals surface area contributed by atoms with E-state index in [1.54, 1.807) is 24.3 Å². The molecule has 0 saturated carbocycles. The lowest BCUT2D eigenvalue weighted by atomic mass is 10.2. The Balaban J connectivity index is 2.36. The molecule has 0 N–H and O–H groups in total. The Morgan fingerprint density at radius 3 is 2.57 bits per heavy atom. The van der Waals surface area contributed by atoms with Crippen molar-refractivity contribution in [2.45, 2.75) is 23.6 Å². The molecule has 1 aromatic carbocycles. The first-order valence-corrected chi connectivity index (χ1v) is 8.00. The van der Waals surface area contributed by atoms with E-state index in [1.807, 2.05) is 6.92 Å². The minimum Gasteiger partial charge on any atom is -0.466 e. The van der Waals surface area contributed by atoms with Crippen LogP contribution in [0.5, 0.6) is 5.75 Å². The van der Waals surface area contributed by atoms with E-state index < -0.39 is 16.7 Å². The minimum absolute atomic E-state index is 0.384. The summed E-state index contributed by atoms with van der Waals surface area (Å²) in [7, 11) is 0. The van der Waals surface area contributed by atoms with E-state index in [4.69, 9.17) is 44.3 Å². The molecule has 0 aliphatic carbocycles. The summed E-state index contributed by atoms with van der Waals surface area (Å²) in [6, 6.07) is 6.89. The van der Waals surface area contributed by atoms with Crippen molar-refractivity contribution in [1.82, 2.24) is 14.8 Å². The first-order valence-electron chi connectivity index (χ1n) is 6.87. The van der Waals surface area contributed by atoms with Gasteiger partial charge in [0.05, 0.1) is 0 Å². The van der Waals surface area contributed by atoms with Gasteiger partial charge in [-0.3, -0.25) is 0 Å². The highest BCUT2D eigenvalue weighted by molar-refractivity contribution is 6.50. The summed E-state index contributed by atoms with van der Waals surface area (Å²) in [5.41, 5.74) is 0. The zero-order valence-corrected chi connectivity index (χ0v) is 14.7. The van der Waals surface area contributed by atoms with Crippen LogP contribution in [0.25, 0.3) is 0 Å². The number of halogens is 3. The molecule has 8 heteroatoms. The van der Waals surface area contributed by atoms with Gasteiger partial charge in [0, 0.05) is 11.6 Å². The van der Waals surface area contributed by atoms with Crippen LogP contribution in [0.4, 0.5) is 0 Å². The van der Waals surface area contributed by atoms with Gasteiger partial charge in [-0.2, -0.15) is 5.10 Å². The molecule has 0 saturated heterocycles. The fourth-order valence-electron chi connectivity index (χ4n) is 1.94. The molecule has 0 aliphatic rings. The summed E-state index contributed by atoms with van der Waals surface area (Å²) in [6.07, 6.45) is 2.78. The van der Waals surface area contributed by atoms with Crippen LogP contribution < -0.4 is 4.74 Å². The van der Waals surface area contributed by atoms with Crippen molar-refractivity contribution in [3.05, 3.63) is 54.6 Å². The predicted molar refractivity (Wildman–Crippen MR) is 91.2 cm³/mol. The lowest BCUT2D eigenvalue weighted by molar-refractivity contribution is -0.0620. The summed E-state index contributed by atoms with van der Waals surface area (Å²) in [6.45, 7) is 5.87. The highest BCUT2D eigenvalue weighted by Crippen LogP contribution is 2.36. The van der Waals surface area contributed by atoms with Crippen molar-refractivity contribution in [2.75, 3.05) is 6.61 Å². The zero-order chi connectivity index (χ0) is 16.9. The van der Waals surface area contributed by atoms with Crippen molar-refractivity contribution in [1.29, 1.82) is 0 Å². The highest BCUT2D eigenvalue weighted by atomic mass is 35.5. The molecule has 0 radical (unpaired) electrons. The van der Waals surface area contributed by atoms with E-state index in [9.17, 15) is 0 Å². The van der Waals surface area contributed by atoms with E-state index in [2.05, 4.69) is 16.7 Å². The number of ether oxygens (including phenoxy) is 2. The van der Waals surface area contributed by atoms with Gasteiger partial charge in [0.15, 0.2) is 10.4 Å². The summed E-state index contributed by atoms with van der Waals surface area (Å²) in [5, 5.41) is 4.71. The lowest BCUT2D eigenvalue weighted by Gasteiger charge is -2.33. The van der Waals surface area contributed by atoms with Crippen LogP contribution in [0.15, 0.2) is 49.6 Å². The third-order valence-corrected chi connectivity index (χ3v) is 4.02. The largest absolute Gasteiger partial charge is 0.466 e. The second-order valence-electron chi connectivity index (χ2n) is 4.59. The molecule has 5 nitrogen and oxygen atoms in total.